The molecule has 0 bridgehead atoms. The Balaban J connectivity index is 1.93. The number of benzene rings is 1. The Kier molecular flexibility index (Phi) is 6.89. The molecule has 7 nitrogen and oxygen atoms in total. The fourth-order valence-corrected chi connectivity index (χ4v) is 3.76. The zero-order chi connectivity index (χ0) is 19.1. The first kappa shape index (κ1) is 19.4. The fourth-order valence-electron chi connectivity index (χ4n) is 2.84. The number of thiazole rings is 1. The maximum Gasteiger partial charge on any atom is 0.311 e. The first-order chi connectivity index (χ1) is 13.2. The van der Waals surface area contributed by atoms with Crippen LogP contribution in [0.3, 0.4) is 0 Å². The van der Waals surface area contributed by atoms with Crippen molar-refractivity contribution in [2.24, 2.45) is 4.99 Å². The van der Waals surface area contributed by atoms with Crippen LogP contribution in [0.2, 0.25) is 0 Å². The summed E-state index contributed by atoms with van der Waals surface area (Å²) in [6.45, 7) is 7.61. The van der Waals surface area contributed by atoms with E-state index in [-0.39, 0.29) is 12.4 Å². The third-order valence-electron chi connectivity index (χ3n) is 4.03. The van der Waals surface area contributed by atoms with Gasteiger partial charge in [0.05, 0.1) is 57.3 Å². The van der Waals surface area contributed by atoms with Crippen molar-refractivity contribution < 1.29 is 19.0 Å². The van der Waals surface area contributed by atoms with E-state index >= 15 is 0 Å². The summed E-state index contributed by atoms with van der Waals surface area (Å²) < 4.78 is 18.1. The van der Waals surface area contributed by atoms with E-state index in [9.17, 15) is 4.79 Å². The standard InChI is InChI=1S/C19H25N3O4S/c1-3-25-17-7-5-15(6-8-17)20-19-22(21-9-11-24-12-10-21)16(14-27-19)13-18(23)26-4-2/h5-8,14H,3-4,9-13H2,1-2H3. The van der Waals surface area contributed by atoms with Crippen molar-refractivity contribution in [3.8, 4) is 5.75 Å². The molecule has 1 aromatic heterocycles. The van der Waals surface area contributed by atoms with Crippen LogP contribution in [0.1, 0.15) is 19.5 Å². The molecule has 27 heavy (non-hydrogen) atoms. The molecule has 1 aromatic carbocycles. The van der Waals surface area contributed by atoms with Crippen LogP contribution in [0, 0.1) is 0 Å². The zero-order valence-electron chi connectivity index (χ0n) is 15.7. The fraction of sp³-hybridized carbons (Fsp3) is 0.474. The van der Waals surface area contributed by atoms with E-state index in [1.165, 1.54) is 11.3 Å². The largest absolute Gasteiger partial charge is 0.494 e. The van der Waals surface area contributed by atoms with Gasteiger partial charge in [-0.25, -0.2) is 9.67 Å². The van der Waals surface area contributed by atoms with E-state index in [4.69, 9.17) is 19.2 Å². The first-order valence-electron chi connectivity index (χ1n) is 9.17. The third-order valence-corrected chi connectivity index (χ3v) is 4.89. The van der Waals surface area contributed by atoms with Gasteiger partial charge in [-0.1, -0.05) is 0 Å². The minimum absolute atomic E-state index is 0.223. The summed E-state index contributed by atoms with van der Waals surface area (Å²) in [7, 11) is 0. The van der Waals surface area contributed by atoms with E-state index < -0.39 is 0 Å². The van der Waals surface area contributed by atoms with Gasteiger partial charge in [-0.05, 0) is 38.1 Å². The molecule has 2 aromatic rings. The number of nitrogens with zero attached hydrogens (tertiary/aromatic N) is 3. The molecule has 1 saturated heterocycles. The van der Waals surface area contributed by atoms with Gasteiger partial charge in [-0.3, -0.25) is 4.79 Å². The SMILES string of the molecule is CCOC(=O)Cc1csc(=Nc2ccc(OCC)cc2)n1N1CCOCC1. The van der Waals surface area contributed by atoms with Gasteiger partial charge < -0.3 is 19.2 Å². The van der Waals surface area contributed by atoms with Crippen molar-refractivity contribution >= 4 is 23.0 Å². The molecule has 2 heterocycles. The second kappa shape index (κ2) is 9.57. The average Bonchev–Trinajstić information content (AvgIpc) is 3.06. The molecule has 0 saturated carbocycles. The Morgan fingerprint density at radius 3 is 2.59 bits per heavy atom. The van der Waals surface area contributed by atoms with E-state index in [1.54, 1.807) is 0 Å². The van der Waals surface area contributed by atoms with Crippen molar-refractivity contribution in [2.75, 3.05) is 44.5 Å². The van der Waals surface area contributed by atoms with E-state index in [0.29, 0.717) is 26.4 Å². The van der Waals surface area contributed by atoms with Gasteiger partial charge >= 0.3 is 5.97 Å². The van der Waals surface area contributed by atoms with Gasteiger partial charge in [-0.15, -0.1) is 11.3 Å². The molecule has 0 radical (unpaired) electrons. The molecule has 1 fully saturated rings. The van der Waals surface area contributed by atoms with Crippen molar-refractivity contribution in [3.05, 3.63) is 40.1 Å². The van der Waals surface area contributed by atoms with Crippen LogP contribution < -0.4 is 14.5 Å². The average molecular weight is 391 g/mol. The maximum atomic E-state index is 12.0. The van der Waals surface area contributed by atoms with Crippen LogP contribution in [0.4, 0.5) is 5.69 Å². The normalized spacial score (nSPS) is 15.0. The molecule has 0 amide bonds. The Morgan fingerprint density at radius 2 is 1.93 bits per heavy atom. The quantitative estimate of drug-likeness (QED) is 0.678. The van der Waals surface area contributed by atoms with Gasteiger partial charge in [-0.2, -0.15) is 0 Å². The molecule has 1 aliphatic heterocycles. The lowest BCUT2D eigenvalue weighted by atomic mass is 10.3. The van der Waals surface area contributed by atoms with Crippen molar-refractivity contribution in [1.29, 1.82) is 0 Å². The lowest BCUT2D eigenvalue weighted by Gasteiger charge is -2.30. The predicted molar refractivity (Wildman–Crippen MR) is 104 cm³/mol. The lowest BCUT2D eigenvalue weighted by Crippen LogP contribution is -2.48. The zero-order valence-corrected chi connectivity index (χ0v) is 16.5. The Labute approximate surface area is 162 Å². The van der Waals surface area contributed by atoms with Crippen LogP contribution in [-0.4, -0.2) is 50.2 Å². The summed E-state index contributed by atoms with van der Waals surface area (Å²) in [6, 6.07) is 7.68. The molecular formula is C19H25N3O4S. The molecule has 1 aliphatic rings. The number of ether oxygens (including phenoxy) is 3. The number of carbonyl (C=O) groups excluding carboxylic acids is 1. The number of esters is 1. The van der Waals surface area contributed by atoms with Crippen LogP contribution in [-0.2, 0) is 20.7 Å². The Morgan fingerprint density at radius 1 is 1.19 bits per heavy atom. The second-order valence-electron chi connectivity index (χ2n) is 5.91. The first-order valence-corrected chi connectivity index (χ1v) is 10.0. The summed E-state index contributed by atoms with van der Waals surface area (Å²) >= 11 is 1.51. The number of morpholine rings is 1. The minimum atomic E-state index is -0.232. The second-order valence-corrected chi connectivity index (χ2v) is 6.74. The van der Waals surface area contributed by atoms with E-state index in [1.807, 2.05) is 48.2 Å². The summed E-state index contributed by atoms with van der Waals surface area (Å²) in [5.74, 6) is 0.594. The molecular weight excluding hydrogens is 366 g/mol. The molecule has 0 unspecified atom stereocenters. The molecule has 146 valence electrons. The van der Waals surface area contributed by atoms with Gasteiger partial charge in [0, 0.05) is 5.38 Å². The number of hydrogen-bond donors (Lipinski definition) is 0. The van der Waals surface area contributed by atoms with Gasteiger partial charge in [0.1, 0.15) is 5.75 Å². The maximum absolute atomic E-state index is 12.0. The molecule has 0 atom stereocenters. The van der Waals surface area contributed by atoms with E-state index in [2.05, 4.69) is 5.01 Å². The number of carbonyl (C=O) groups is 1. The van der Waals surface area contributed by atoms with Crippen LogP contribution in [0.25, 0.3) is 0 Å². The minimum Gasteiger partial charge on any atom is -0.494 e. The predicted octanol–water partition coefficient (Wildman–Crippen LogP) is 2.25. The summed E-state index contributed by atoms with van der Waals surface area (Å²) in [5.41, 5.74) is 1.72. The Bertz CT molecular complexity index is 807. The monoisotopic (exact) mass is 391 g/mol. The highest BCUT2D eigenvalue weighted by Crippen LogP contribution is 2.18. The van der Waals surface area contributed by atoms with Crippen LogP contribution >= 0.6 is 11.3 Å². The number of rotatable bonds is 7. The third kappa shape index (κ3) is 5.11. The molecule has 8 heteroatoms. The topological polar surface area (TPSA) is 65.3 Å². The number of hydrogen-bond acceptors (Lipinski definition) is 7. The lowest BCUT2D eigenvalue weighted by molar-refractivity contribution is -0.142. The Hall–Kier alpha value is -2.32. The number of aromatic nitrogens is 1. The summed E-state index contributed by atoms with van der Waals surface area (Å²) in [4.78, 5) is 17.6. The van der Waals surface area contributed by atoms with Gasteiger partial charge in [0.2, 0.25) is 4.80 Å². The highest BCUT2D eigenvalue weighted by molar-refractivity contribution is 7.07. The van der Waals surface area contributed by atoms with Crippen LogP contribution in [0.5, 0.6) is 5.75 Å². The van der Waals surface area contributed by atoms with Gasteiger partial charge in [0.15, 0.2) is 0 Å². The van der Waals surface area contributed by atoms with Crippen molar-refractivity contribution in [2.45, 2.75) is 20.3 Å². The van der Waals surface area contributed by atoms with Crippen molar-refractivity contribution in [1.82, 2.24) is 4.68 Å². The smallest absolute Gasteiger partial charge is 0.311 e. The molecule has 0 N–H and O–H groups in total. The van der Waals surface area contributed by atoms with Crippen LogP contribution in [0.15, 0.2) is 34.6 Å². The highest BCUT2D eigenvalue weighted by Gasteiger charge is 2.18. The molecule has 3 rings (SSSR count). The summed E-state index contributed by atoms with van der Waals surface area (Å²) in [6.07, 6.45) is 0.223. The molecule has 0 aliphatic carbocycles. The van der Waals surface area contributed by atoms with Crippen molar-refractivity contribution in [3.63, 3.8) is 0 Å². The highest BCUT2D eigenvalue weighted by atomic mass is 32.1. The summed E-state index contributed by atoms with van der Waals surface area (Å²) in [5, 5.41) is 4.14. The molecule has 0 spiro atoms. The van der Waals surface area contributed by atoms with Gasteiger partial charge in [0.25, 0.3) is 0 Å². The van der Waals surface area contributed by atoms with E-state index in [0.717, 1.165) is 35.0 Å².